The molecule has 0 bridgehead atoms. The molecule has 16 heavy (non-hydrogen) atoms. The van der Waals surface area contributed by atoms with Crippen LogP contribution in [0, 0.1) is 5.92 Å². The molecule has 2 rings (SSSR count). The summed E-state index contributed by atoms with van der Waals surface area (Å²) in [4.78, 5) is 1.25. The average Bonchev–Trinajstić information content (AvgIpc) is 3.02. The van der Waals surface area contributed by atoms with Crippen LogP contribution in [0.5, 0.6) is 0 Å². The number of hydrogen-bond donors (Lipinski definition) is 2. The molecule has 5 heteroatoms. The highest BCUT2D eigenvalue weighted by molar-refractivity contribution is 7.16. The standard InChI is InChI=1S/C11H17ClN2OS/c1-15-11(7-2-3-7)9(14-13)6-8-4-5-10(12)16-8/h4-5,7,9,11,14H,2-3,6,13H2,1H3. The Kier molecular flexibility index (Phi) is 4.21. The maximum atomic E-state index is 5.91. The van der Waals surface area contributed by atoms with E-state index in [-0.39, 0.29) is 12.1 Å². The zero-order valence-corrected chi connectivity index (χ0v) is 10.9. The highest BCUT2D eigenvalue weighted by Gasteiger charge is 2.36. The highest BCUT2D eigenvalue weighted by Crippen LogP contribution is 2.36. The molecule has 2 atom stereocenters. The first kappa shape index (κ1) is 12.3. The molecular formula is C11H17ClN2OS. The van der Waals surface area contributed by atoms with E-state index < -0.39 is 0 Å². The van der Waals surface area contributed by atoms with Crippen molar-refractivity contribution in [2.75, 3.05) is 7.11 Å². The van der Waals surface area contributed by atoms with Crippen molar-refractivity contribution >= 4 is 22.9 Å². The van der Waals surface area contributed by atoms with Gasteiger partial charge in [0.25, 0.3) is 0 Å². The van der Waals surface area contributed by atoms with Crippen LogP contribution in [0.4, 0.5) is 0 Å². The van der Waals surface area contributed by atoms with Crippen molar-refractivity contribution in [1.82, 2.24) is 5.43 Å². The normalized spacial score (nSPS) is 19.7. The van der Waals surface area contributed by atoms with Gasteiger partial charge in [-0.25, -0.2) is 0 Å². The van der Waals surface area contributed by atoms with Gasteiger partial charge in [0.1, 0.15) is 0 Å². The van der Waals surface area contributed by atoms with Crippen molar-refractivity contribution < 1.29 is 4.74 Å². The summed E-state index contributed by atoms with van der Waals surface area (Å²) in [5.41, 5.74) is 2.87. The molecule has 2 unspecified atom stereocenters. The lowest BCUT2D eigenvalue weighted by atomic mass is 10.0. The number of nitrogens with two attached hydrogens (primary N) is 1. The molecule has 0 aliphatic heterocycles. The molecule has 0 spiro atoms. The fourth-order valence-electron chi connectivity index (χ4n) is 2.06. The predicted octanol–water partition coefficient (Wildman–Crippen LogP) is 2.20. The maximum Gasteiger partial charge on any atom is 0.0931 e. The fraction of sp³-hybridized carbons (Fsp3) is 0.636. The van der Waals surface area contributed by atoms with Crippen molar-refractivity contribution in [2.24, 2.45) is 11.8 Å². The third kappa shape index (κ3) is 2.96. The van der Waals surface area contributed by atoms with Gasteiger partial charge >= 0.3 is 0 Å². The van der Waals surface area contributed by atoms with Crippen LogP contribution < -0.4 is 11.3 Å². The summed E-state index contributed by atoms with van der Waals surface area (Å²) in [6.07, 6.45) is 3.60. The first-order valence-corrected chi connectivity index (χ1v) is 6.67. The predicted molar refractivity (Wildman–Crippen MR) is 67.7 cm³/mol. The van der Waals surface area contributed by atoms with E-state index in [9.17, 15) is 0 Å². The van der Waals surface area contributed by atoms with Gasteiger partial charge in [-0.05, 0) is 30.9 Å². The Morgan fingerprint density at radius 3 is 2.81 bits per heavy atom. The fourth-order valence-corrected chi connectivity index (χ4v) is 3.20. The number of methoxy groups -OCH3 is 1. The van der Waals surface area contributed by atoms with E-state index >= 15 is 0 Å². The lowest BCUT2D eigenvalue weighted by Crippen LogP contribution is -2.47. The zero-order chi connectivity index (χ0) is 11.5. The molecule has 3 N–H and O–H groups in total. The van der Waals surface area contributed by atoms with Crippen molar-refractivity contribution in [3.05, 3.63) is 21.3 Å². The van der Waals surface area contributed by atoms with E-state index in [0.29, 0.717) is 5.92 Å². The SMILES string of the molecule is COC(C1CC1)C(Cc1ccc(Cl)s1)NN. The third-order valence-electron chi connectivity index (χ3n) is 3.02. The molecule has 1 aliphatic carbocycles. The minimum atomic E-state index is 0.173. The molecule has 1 aromatic heterocycles. The van der Waals surface area contributed by atoms with Crippen LogP contribution in [0.1, 0.15) is 17.7 Å². The largest absolute Gasteiger partial charge is 0.379 e. The Bertz CT molecular complexity index is 340. The van der Waals surface area contributed by atoms with E-state index in [1.807, 2.05) is 6.07 Å². The second-order valence-corrected chi connectivity index (χ2v) is 6.02. The van der Waals surface area contributed by atoms with Crippen molar-refractivity contribution in [1.29, 1.82) is 0 Å². The summed E-state index contributed by atoms with van der Waals surface area (Å²) in [7, 11) is 1.76. The molecular weight excluding hydrogens is 244 g/mol. The monoisotopic (exact) mass is 260 g/mol. The van der Waals surface area contributed by atoms with Gasteiger partial charge in [-0.15, -0.1) is 11.3 Å². The van der Waals surface area contributed by atoms with Crippen LogP contribution in [0.15, 0.2) is 12.1 Å². The average molecular weight is 261 g/mol. The van der Waals surface area contributed by atoms with Gasteiger partial charge < -0.3 is 4.74 Å². The van der Waals surface area contributed by atoms with Gasteiger partial charge in [-0.1, -0.05) is 11.6 Å². The van der Waals surface area contributed by atoms with Gasteiger partial charge in [0.15, 0.2) is 0 Å². The summed E-state index contributed by atoms with van der Waals surface area (Å²) in [6.45, 7) is 0. The van der Waals surface area contributed by atoms with Gasteiger partial charge in [0.2, 0.25) is 0 Å². The summed E-state index contributed by atoms with van der Waals surface area (Å²) in [5, 5.41) is 0. The molecule has 1 aromatic rings. The lowest BCUT2D eigenvalue weighted by molar-refractivity contribution is 0.0513. The Labute approximate surface area is 105 Å². The number of rotatable bonds is 6. The summed E-state index contributed by atoms with van der Waals surface area (Å²) < 4.78 is 6.36. The van der Waals surface area contributed by atoms with Crippen LogP contribution in [0.2, 0.25) is 4.34 Å². The molecule has 3 nitrogen and oxygen atoms in total. The molecule has 0 aromatic carbocycles. The van der Waals surface area contributed by atoms with E-state index in [4.69, 9.17) is 22.2 Å². The maximum absolute atomic E-state index is 5.91. The minimum Gasteiger partial charge on any atom is -0.379 e. The second-order valence-electron chi connectivity index (χ2n) is 4.22. The van der Waals surface area contributed by atoms with E-state index in [1.165, 1.54) is 17.7 Å². The summed E-state index contributed by atoms with van der Waals surface area (Å²) in [6, 6.07) is 4.15. The molecule has 0 amide bonds. The first-order chi connectivity index (χ1) is 7.74. The van der Waals surface area contributed by atoms with E-state index in [2.05, 4.69) is 11.5 Å². The molecule has 1 saturated carbocycles. The number of nitrogens with one attached hydrogen (secondary N) is 1. The molecule has 1 aliphatic rings. The summed E-state index contributed by atoms with van der Waals surface area (Å²) >= 11 is 7.52. The highest BCUT2D eigenvalue weighted by atomic mass is 35.5. The van der Waals surface area contributed by atoms with Gasteiger partial charge in [-0.2, -0.15) is 0 Å². The van der Waals surface area contributed by atoms with Crippen LogP contribution in [0.3, 0.4) is 0 Å². The van der Waals surface area contributed by atoms with E-state index in [0.717, 1.165) is 10.8 Å². The van der Waals surface area contributed by atoms with Crippen molar-refractivity contribution in [3.8, 4) is 0 Å². The topological polar surface area (TPSA) is 47.3 Å². The smallest absolute Gasteiger partial charge is 0.0931 e. The number of hydrogen-bond acceptors (Lipinski definition) is 4. The molecule has 1 heterocycles. The lowest BCUT2D eigenvalue weighted by Gasteiger charge is -2.24. The number of hydrazine groups is 1. The van der Waals surface area contributed by atoms with Crippen molar-refractivity contribution in [2.45, 2.75) is 31.4 Å². The van der Waals surface area contributed by atoms with Crippen LogP contribution in [-0.2, 0) is 11.2 Å². The Morgan fingerprint density at radius 1 is 1.62 bits per heavy atom. The number of halogens is 1. The quantitative estimate of drug-likeness (QED) is 0.609. The zero-order valence-electron chi connectivity index (χ0n) is 9.28. The number of thiophene rings is 1. The molecule has 1 fully saturated rings. The van der Waals surface area contributed by atoms with Crippen LogP contribution in [-0.4, -0.2) is 19.3 Å². The van der Waals surface area contributed by atoms with Crippen LogP contribution in [0.25, 0.3) is 0 Å². The first-order valence-electron chi connectivity index (χ1n) is 5.47. The molecule has 0 saturated heterocycles. The molecule has 90 valence electrons. The third-order valence-corrected chi connectivity index (χ3v) is 4.27. The van der Waals surface area contributed by atoms with Crippen LogP contribution >= 0.6 is 22.9 Å². The molecule has 0 radical (unpaired) electrons. The van der Waals surface area contributed by atoms with Gasteiger partial charge in [-0.3, -0.25) is 11.3 Å². The number of ether oxygens (including phenoxy) is 1. The summed E-state index contributed by atoms with van der Waals surface area (Å²) in [5.74, 6) is 6.28. The second kappa shape index (κ2) is 5.47. The Hall–Kier alpha value is -0.130. The van der Waals surface area contributed by atoms with Gasteiger partial charge in [0.05, 0.1) is 16.5 Å². The Balaban J connectivity index is 1.98. The minimum absolute atomic E-state index is 0.173. The van der Waals surface area contributed by atoms with Gasteiger partial charge in [0, 0.05) is 18.4 Å². The Morgan fingerprint density at radius 2 is 2.38 bits per heavy atom. The van der Waals surface area contributed by atoms with E-state index in [1.54, 1.807) is 18.4 Å². The van der Waals surface area contributed by atoms with Crippen molar-refractivity contribution in [3.63, 3.8) is 0 Å².